The van der Waals surface area contributed by atoms with Gasteiger partial charge >= 0.3 is 0 Å². The fraction of sp³-hybridized carbons (Fsp3) is 0.357. The number of likely N-dealkylation sites (N-methyl/N-ethyl adjacent to an activating group) is 1. The van der Waals surface area contributed by atoms with Crippen LogP contribution in [0.2, 0.25) is 0 Å². The molecule has 1 atom stereocenters. The summed E-state index contributed by atoms with van der Waals surface area (Å²) in [6.45, 7) is 2.26. The van der Waals surface area contributed by atoms with Crippen LogP contribution in [0.4, 0.5) is 5.69 Å². The van der Waals surface area contributed by atoms with Gasteiger partial charge in [0.15, 0.2) is 0 Å². The van der Waals surface area contributed by atoms with Crippen molar-refractivity contribution in [1.29, 1.82) is 0 Å². The number of carbonyl (C=O) groups is 3. The first-order valence-corrected chi connectivity index (χ1v) is 7.58. The molecule has 0 saturated heterocycles. The van der Waals surface area contributed by atoms with Crippen LogP contribution >= 0.6 is 11.8 Å². The van der Waals surface area contributed by atoms with E-state index >= 15 is 0 Å². The van der Waals surface area contributed by atoms with Gasteiger partial charge in [0.1, 0.15) is 0 Å². The van der Waals surface area contributed by atoms with Crippen molar-refractivity contribution in [2.45, 2.75) is 23.5 Å². The van der Waals surface area contributed by atoms with E-state index in [2.05, 4.69) is 16.0 Å². The maximum Gasteiger partial charge on any atom is 0.239 e. The molecule has 1 aromatic carbocycles. The third-order valence-corrected chi connectivity index (χ3v) is 4.17. The van der Waals surface area contributed by atoms with Crippen molar-refractivity contribution in [3.05, 3.63) is 24.3 Å². The molecule has 0 fully saturated rings. The molecule has 112 valence electrons. The summed E-state index contributed by atoms with van der Waals surface area (Å²) >= 11 is 1.36. The topological polar surface area (TPSA) is 87.3 Å². The second-order valence-corrected chi connectivity index (χ2v) is 5.77. The second kappa shape index (κ2) is 7.12. The Balaban J connectivity index is 1.87. The number of benzene rings is 1. The van der Waals surface area contributed by atoms with Crippen LogP contribution in [0.5, 0.6) is 0 Å². The van der Waals surface area contributed by atoms with Crippen molar-refractivity contribution in [2.24, 2.45) is 0 Å². The summed E-state index contributed by atoms with van der Waals surface area (Å²) in [4.78, 5) is 35.9. The predicted molar refractivity (Wildman–Crippen MR) is 81.0 cm³/mol. The molecular weight excluding hydrogens is 290 g/mol. The number of para-hydroxylation sites is 1. The van der Waals surface area contributed by atoms with Crippen molar-refractivity contribution < 1.29 is 14.4 Å². The quantitative estimate of drug-likeness (QED) is 0.749. The Hall–Kier alpha value is -2.02. The molecule has 1 aromatic rings. The van der Waals surface area contributed by atoms with E-state index in [1.165, 1.54) is 11.8 Å². The van der Waals surface area contributed by atoms with Gasteiger partial charge in [-0.05, 0) is 19.1 Å². The van der Waals surface area contributed by atoms with Gasteiger partial charge in [-0.1, -0.05) is 12.1 Å². The number of fused-ring (bicyclic) bond motifs is 1. The van der Waals surface area contributed by atoms with Crippen LogP contribution in [0.3, 0.4) is 0 Å². The normalized spacial score (nSPS) is 16.6. The number of hydrogen-bond acceptors (Lipinski definition) is 4. The van der Waals surface area contributed by atoms with Crippen molar-refractivity contribution in [2.75, 3.05) is 18.4 Å². The highest BCUT2D eigenvalue weighted by Crippen LogP contribution is 2.36. The van der Waals surface area contributed by atoms with Gasteiger partial charge < -0.3 is 16.0 Å². The molecule has 0 saturated carbocycles. The summed E-state index contributed by atoms with van der Waals surface area (Å²) in [5.41, 5.74) is 0.770. The SMILES string of the molecule is CCNC(=O)CNC(=O)CC1Sc2ccccc2NC1=O. The average molecular weight is 307 g/mol. The summed E-state index contributed by atoms with van der Waals surface area (Å²) in [7, 11) is 0. The standard InChI is InChI=1S/C14H17N3O3S/c1-2-15-13(19)8-16-12(18)7-11-14(20)17-9-5-3-4-6-10(9)21-11/h3-6,11H,2,7-8H2,1H3,(H,15,19)(H,16,18)(H,17,20). The number of amides is 3. The molecule has 7 heteroatoms. The molecule has 1 aliphatic rings. The van der Waals surface area contributed by atoms with Crippen molar-refractivity contribution >= 4 is 35.2 Å². The fourth-order valence-corrected chi connectivity index (χ4v) is 3.02. The van der Waals surface area contributed by atoms with Crippen LogP contribution in [0.1, 0.15) is 13.3 Å². The van der Waals surface area contributed by atoms with Crippen molar-refractivity contribution in [1.82, 2.24) is 10.6 Å². The zero-order chi connectivity index (χ0) is 15.2. The van der Waals surface area contributed by atoms with Crippen LogP contribution in [-0.4, -0.2) is 36.1 Å². The minimum absolute atomic E-state index is 0.0459. The molecule has 1 unspecified atom stereocenters. The lowest BCUT2D eigenvalue weighted by atomic mass is 10.2. The third-order valence-electron chi connectivity index (χ3n) is 2.90. The lowest BCUT2D eigenvalue weighted by Crippen LogP contribution is -2.39. The number of anilines is 1. The summed E-state index contributed by atoms with van der Waals surface area (Å²) in [6, 6.07) is 7.46. The molecule has 1 aliphatic heterocycles. The molecule has 0 aromatic heterocycles. The largest absolute Gasteiger partial charge is 0.355 e. The van der Waals surface area contributed by atoms with Crippen LogP contribution < -0.4 is 16.0 Å². The van der Waals surface area contributed by atoms with E-state index in [0.717, 1.165) is 10.6 Å². The van der Waals surface area contributed by atoms with Crippen LogP contribution in [0.25, 0.3) is 0 Å². The lowest BCUT2D eigenvalue weighted by Gasteiger charge is -2.23. The Bertz CT molecular complexity index is 562. The van der Waals surface area contributed by atoms with Gasteiger partial charge in [0, 0.05) is 17.9 Å². The van der Waals surface area contributed by atoms with Gasteiger partial charge in [-0.2, -0.15) is 0 Å². The van der Waals surface area contributed by atoms with E-state index < -0.39 is 5.25 Å². The maximum absolute atomic E-state index is 11.9. The zero-order valence-corrected chi connectivity index (χ0v) is 12.5. The number of nitrogens with one attached hydrogen (secondary N) is 3. The smallest absolute Gasteiger partial charge is 0.239 e. The van der Waals surface area contributed by atoms with E-state index in [9.17, 15) is 14.4 Å². The molecule has 3 amide bonds. The number of hydrogen-bond donors (Lipinski definition) is 3. The minimum atomic E-state index is -0.478. The highest BCUT2D eigenvalue weighted by Gasteiger charge is 2.28. The van der Waals surface area contributed by atoms with Gasteiger partial charge in [-0.25, -0.2) is 0 Å². The summed E-state index contributed by atoms with van der Waals surface area (Å²) in [6.07, 6.45) is 0.0459. The van der Waals surface area contributed by atoms with Crippen LogP contribution in [-0.2, 0) is 14.4 Å². The summed E-state index contributed by atoms with van der Waals surface area (Å²) in [5, 5.41) is 7.41. The van der Waals surface area contributed by atoms with E-state index in [1.807, 2.05) is 24.3 Å². The first-order valence-electron chi connectivity index (χ1n) is 6.70. The van der Waals surface area contributed by atoms with Crippen LogP contribution in [0.15, 0.2) is 29.2 Å². The molecule has 0 radical (unpaired) electrons. The molecule has 1 heterocycles. The summed E-state index contributed by atoms with van der Waals surface area (Å²) in [5.74, 6) is -0.739. The van der Waals surface area contributed by atoms with E-state index in [4.69, 9.17) is 0 Å². The number of thioether (sulfide) groups is 1. The predicted octanol–water partition coefficient (Wildman–Crippen LogP) is 0.742. The molecule has 2 rings (SSSR count). The lowest BCUT2D eigenvalue weighted by molar-refractivity contribution is -0.127. The molecule has 3 N–H and O–H groups in total. The van der Waals surface area contributed by atoms with Crippen LogP contribution in [0, 0.1) is 0 Å². The van der Waals surface area contributed by atoms with Gasteiger partial charge in [-0.3, -0.25) is 14.4 Å². The molecule has 6 nitrogen and oxygen atoms in total. The summed E-state index contributed by atoms with van der Waals surface area (Å²) < 4.78 is 0. The second-order valence-electron chi connectivity index (χ2n) is 4.53. The van der Waals surface area contributed by atoms with E-state index in [0.29, 0.717) is 6.54 Å². The van der Waals surface area contributed by atoms with Gasteiger partial charge in [0.05, 0.1) is 17.5 Å². The number of carbonyl (C=O) groups excluding carboxylic acids is 3. The van der Waals surface area contributed by atoms with Gasteiger partial charge in [0.2, 0.25) is 17.7 Å². The zero-order valence-electron chi connectivity index (χ0n) is 11.6. The fourth-order valence-electron chi connectivity index (χ4n) is 1.91. The number of rotatable bonds is 5. The monoisotopic (exact) mass is 307 g/mol. The Labute approximate surface area is 127 Å². The molecule has 0 spiro atoms. The highest BCUT2D eigenvalue weighted by molar-refractivity contribution is 8.01. The molecule has 0 bridgehead atoms. The Kier molecular flexibility index (Phi) is 5.21. The first kappa shape index (κ1) is 15.4. The maximum atomic E-state index is 11.9. The van der Waals surface area contributed by atoms with Gasteiger partial charge in [-0.15, -0.1) is 11.8 Å². The van der Waals surface area contributed by atoms with Crippen molar-refractivity contribution in [3.8, 4) is 0 Å². The first-order chi connectivity index (χ1) is 10.1. The molecule has 0 aliphatic carbocycles. The Morgan fingerprint density at radius 2 is 2.00 bits per heavy atom. The Morgan fingerprint density at radius 1 is 1.24 bits per heavy atom. The minimum Gasteiger partial charge on any atom is -0.355 e. The van der Waals surface area contributed by atoms with Crippen molar-refractivity contribution in [3.63, 3.8) is 0 Å². The molecular formula is C14H17N3O3S. The third kappa shape index (κ3) is 4.22. The molecule has 21 heavy (non-hydrogen) atoms. The Morgan fingerprint density at radius 3 is 2.76 bits per heavy atom. The van der Waals surface area contributed by atoms with E-state index in [-0.39, 0.29) is 30.7 Å². The average Bonchev–Trinajstić information content (AvgIpc) is 2.46. The van der Waals surface area contributed by atoms with Gasteiger partial charge in [0.25, 0.3) is 0 Å². The highest BCUT2D eigenvalue weighted by atomic mass is 32.2. The van der Waals surface area contributed by atoms with E-state index in [1.54, 1.807) is 6.92 Å².